The molecular weight excluding hydrogens is 406 g/mol. The Morgan fingerprint density at radius 2 is 1.80 bits per heavy atom. The molecule has 3 rings (SSSR count). The zero-order chi connectivity index (χ0) is 21.6. The Kier molecular flexibility index (Phi) is 6.84. The maximum Gasteiger partial charge on any atom is 0.255 e. The van der Waals surface area contributed by atoms with Crippen LogP contribution in [0, 0.1) is 12.3 Å². The Morgan fingerprint density at radius 3 is 2.43 bits per heavy atom. The van der Waals surface area contributed by atoms with Gasteiger partial charge >= 0.3 is 0 Å². The molecule has 9 heteroatoms. The van der Waals surface area contributed by atoms with E-state index in [9.17, 15) is 18.0 Å². The van der Waals surface area contributed by atoms with Gasteiger partial charge in [0.25, 0.3) is 11.8 Å². The Hall–Kier alpha value is -3.19. The number of amides is 2. The molecule has 8 nitrogen and oxygen atoms in total. The molecule has 3 N–H and O–H groups in total. The molecule has 0 bridgehead atoms. The third-order valence-electron chi connectivity index (χ3n) is 4.40. The summed E-state index contributed by atoms with van der Waals surface area (Å²) in [6.45, 7) is 0.444. The number of hydrogen-bond acceptors (Lipinski definition) is 5. The summed E-state index contributed by atoms with van der Waals surface area (Å²) in [6, 6.07) is 12.2. The number of carbonyl (C=O) groups excluding carboxylic acids is 2. The highest BCUT2D eigenvalue weighted by Gasteiger charge is 2.23. The topological polar surface area (TPSA) is 114 Å². The Morgan fingerprint density at radius 1 is 1.10 bits per heavy atom. The lowest BCUT2D eigenvalue weighted by Crippen LogP contribution is -2.26. The molecule has 2 aromatic carbocycles. The zero-order valence-corrected chi connectivity index (χ0v) is 16.9. The maximum atomic E-state index is 12.5. The van der Waals surface area contributed by atoms with Gasteiger partial charge in [-0.15, -0.1) is 6.42 Å². The molecule has 1 unspecified atom stereocenters. The van der Waals surface area contributed by atoms with Crippen LogP contribution in [0.3, 0.4) is 0 Å². The van der Waals surface area contributed by atoms with Crippen LogP contribution < -0.4 is 15.4 Å². The van der Waals surface area contributed by atoms with E-state index in [4.69, 9.17) is 11.2 Å². The minimum atomic E-state index is -3.80. The lowest BCUT2D eigenvalue weighted by atomic mass is 10.2. The number of hydrogen-bond donors (Lipinski definition) is 3. The van der Waals surface area contributed by atoms with Crippen molar-refractivity contribution in [2.24, 2.45) is 0 Å². The van der Waals surface area contributed by atoms with Gasteiger partial charge in [-0.25, -0.2) is 8.42 Å². The van der Waals surface area contributed by atoms with E-state index in [0.29, 0.717) is 24.4 Å². The standard InChI is InChI=1S/C21H21N3O5S/c1-2-12-22-30(27,28)18-6-3-5-15(14-18)20(25)23-16-8-10-17(11-9-16)24-21(26)19-7-4-13-29-19/h1,3,5-6,8-11,14,19,22H,4,7,12-13H2,(H,23,25)(H,24,26). The number of nitrogens with one attached hydrogen (secondary N) is 3. The van der Waals surface area contributed by atoms with E-state index in [0.717, 1.165) is 6.42 Å². The molecule has 0 radical (unpaired) electrons. The molecule has 1 aliphatic heterocycles. The minimum absolute atomic E-state index is 0.0578. The molecule has 30 heavy (non-hydrogen) atoms. The predicted molar refractivity (Wildman–Crippen MR) is 112 cm³/mol. The maximum absolute atomic E-state index is 12.5. The van der Waals surface area contributed by atoms with Crippen molar-refractivity contribution in [3.05, 3.63) is 54.1 Å². The molecule has 1 saturated heterocycles. The Bertz CT molecular complexity index is 1070. The van der Waals surface area contributed by atoms with E-state index in [-0.39, 0.29) is 22.9 Å². The second-order valence-corrected chi connectivity index (χ2v) is 8.35. The van der Waals surface area contributed by atoms with Gasteiger partial charge in [-0.2, -0.15) is 4.72 Å². The van der Waals surface area contributed by atoms with E-state index in [2.05, 4.69) is 21.3 Å². The smallest absolute Gasteiger partial charge is 0.255 e. The van der Waals surface area contributed by atoms with E-state index < -0.39 is 22.0 Å². The fourth-order valence-corrected chi connectivity index (χ4v) is 3.85. The molecule has 0 spiro atoms. The van der Waals surface area contributed by atoms with Crippen molar-refractivity contribution in [1.82, 2.24) is 4.72 Å². The predicted octanol–water partition coefficient (Wildman–Crippen LogP) is 1.97. The highest BCUT2D eigenvalue weighted by molar-refractivity contribution is 7.89. The summed E-state index contributed by atoms with van der Waals surface area (Å²) in [5, 5.41) is 5.46. The first-order valence-electron chi connectivity index (χ1n) is 9.26. The first kappa shape index (κ1) is 21.5. The van der Waals surface area contributed by atoms with E-state index >= 15 is 0 Å². The lowest BCUT2D eigenvalue weighted by molar-refractivity contribution is -0.124. The van der Waals surface area contributed by atoms with Gasteiger partial charge in [0.15, 0.2) is 0 Å². The largest absolute Gasteiger partial charge is 0.368 e. The van der Waals surface area contributed by atoms with Gasteiger partial charge in [0, 0.05) is 23.5 Å². The van der Waals surface area contributed by atoms with Crippen molar-refractivity contribution in [3.8, 4) is 12.3 Å². The van der Waals surface area contributed by atoms with Crippen LogP contribution in [0.15, 0.2) is 53.4 Å². The average molecular weight is 427 g/mol. The minimum Gasteiger partial charge on any atom is -0.368 e. The van der Waals surface area contributed by atoms with Crippen LogP contribution in [0.25, 0.3) is 0 Å². The van der Waals surface area contributed by atoms with Crippen molar-refractivity contribution < 1.29 is 22.7 Å². The van der Waals surface area contributed by atoms with Gasteiger partial charge in [0.1, 0.15) is 6.10 Å². The number of rotatable bonds is 7. The Labute approximate surface area is 175 Å². The second-order valence-electron chi connectivity index (χ2n) is 6.58. The second kappa shape index (κ2) is 9.54. The third-order valence-corrected chi connectivity index (χ3v) is 5.80. The zero-order valence-electron chi connectivity index (χ0n) is 16.1. The first-order valence-corrected chi connectivity index (χ1v) is 10.7. The van der Waals surface area contributed by atoms with Crippen LogP contribution >= 0.6 is 0 Å². The lowest BCUT2D eigenvalue weighted by Gasteiger charge is -2.11. The molecule has 2 amide bonds. The number of ether oxygens (including phenoxy) is 1. The van der Waals surface area contributed by atoms with Gasteiger partial charge in [-0.3, -0.25) is 9.59 Å². The Balaban J connectivity index is 1.64. The first-order chi connectivity index (χ1) is 14.4. The molecule has 1 aliphatic rings. The van der Waals surface area contributed by atoms with Crippen molar-refractivity contribution in [1.29, 1.82) is 0 Å². The molecule has 0 aromatic heterocycles. The van der Waals surface area contributed by atoms with Crippen molar-refractivity contribution in [3.63, 3.8) is 0 Å². The van der Waals surface area contributed by atoms with E-state index in [1.807, 2.05) is 0 Å². The van der Waals surface area contributed by atoms with Gasteiger partial charge < -0.3 is 15.4 Å². The van der Waals surface area contributed by atoms with Crippen LogP contribution in [0.5, 0.6) is 0 Å². The molecule has 1 heterocycles. The van der Waals surface area contributed by atoms with E-state index in [1.54, 1.807) is 24.3 Å². The fourth-order valence-electron chi connectivity index (χ4n) is 2.87. The summed E-state index contributed by atoms with van der Waals surface area (Å²) < 4.78 is 31.9. The van der Waals surface area contributed by atoms with Crippen LogP contribution in [-0.2, 0) is 19.6 Å². The summed E-state index contributed by atoms with van der Waals surface area (Å²) in [5.41, 5.74) is 1.25. The summed E-state index contributed by atoms with van der Waals surface area (Å²) >= 11 is 0. The molecule has 1 atom stereocenters. The third kappa shape index (κ3) is 5.45. The van der Waals surface area contributed by atoms with Crippen molar-refractivity contribution in [2.75, 3.05) is 23.8 Å². The molecule has 1 fully saturated rings. The summed E-state index contributed by atoms with van der Waals surface area (Å²) in [6.07, 6.45) is 6.22. The van der Waals surface area contributed by atoms with Crippen LogP contribution in [0.2, 0.25) is 0 Å². The van der Waals surface area contributed by atoms with Crippen LogP contribution in [0.1, 0.15) is 23.2 Å². The SMILES string of the molecule is C#CCNS(=O)(=O)c1cccc(C(=O)Nc2ccc(NC(=O)C3CCCO3)cc2)c1. The highest BCUT2D eigenvalue weighted by Crippen LogP contribution is 2.18. The highest BCUT2D eigenvalue weighted by atomic mass is 32.2. The summed E-state index contributed by atoms with van der Waals surface area (Å²) in [7, 11) is -3.80. The molecule has 156 valence electrons. The van der Waals surface area contributed by atoms with Crippen molar-refractivity contribution in [2.45, 2.75) is 23.8 Å². The normalized spacial score (nSPS) is 15.9. The fraction of sp³-hybridized carbons (Fsp3) is 0.238. The van der Waals surface area contributed by atoms with Gasteiger partial charge in [-0.05, 0) is 55.3 Å². The number of benzene rings is 2. The summed E-state index contributed by atoms with van der Waals surface area (Å²) in [4.78, 5) is 24.5. The monoisotopic (exact) mass is 427 g/mol. The summed E-state index contributed by atoms with van der Waals surface area (Å²) in [5.74, 6) is 1.53. The average Bonchev–Trinajstić information content (AvgIpc) is 3.29. The quantitative estimate of drug-likeness (QED) is 0.585. The van der Waals surface area contributed by atoms with Gasteiger partial charge in [0.2, 0.25) is 10.0 Å². The molecule has 2 aromatic rings. The molecular formula is C21H21N3O5S. The number of sulfonamides is 1. The van der Waals surface area contributed by atoms with Crippen LogP contribution in [-0.4, -0.2) is 39.5 Å². The molecule has 0 aliphatic carbocycles. The van der Waals surface area contributed by atoms with Crippen LogP contribution in [0.4, 0.5) is 11.4 Å². The molecule has 0 saturated carbocycles. The number of anilines is 2. The number of terminal acetylenes is 1. The number of carbonyl (C=O) groups is 2. The van der Waals surface area contributed by atoms with Gasteiger partial charge in [-0.1, -0.05) is 12.0 Å². The van der Waals surface area contributed by atoms with Gasteiger partial charge in [0.05, 0.1) is 11.4 Å². The van der Waals surface area contributed by atoms with E-state index in [1.165, 1.54) is 24.3 Å². The van der Waals surface area contributed by atoms with Crippen molar-refractivity contribution >= 4 is 33.2 Å².